The maximum atomic E-state index is 9.68. The predicted octanol–water partition coefficient (Wildman–Crippen LogP) is 3.55. The van der Waals surface area contributed by atoms with Crippen molar-refractivity contribution in [3.63, 3.8) is 0 Å². The summed E-state index contributed by atoms with van der Waals surface area (Å²) in [5.41, 5.74) is 2.28. The fourth-order valence-corrected chi connectivity index (χ4v) is 6.44. The summed E-state index contributed by atoms with van der Waals surface area (Å²) in [4.78, 5) is 6.99. The maximum absolute atomic E-state index is 9.68. The third-order valence-electron chi connectivity index (χ3n) is 6.96. The zero-order valence-corrected chi connectivity index (χ0v) is 15.8. The van der Waals surface area contributed by atoms with Gasteiger partial charge in [0, 0.05) is 18.7 Å². The first kappa shape index (κ1) is 17.1. The smallest absolute Gasteiger partial charge is 0.246 e. The number of rotatable bonds is 6. The van der Waals surface area contributed by atoms with Gasteiger partial charge in [0.1, 0.15) is 0 Å². The standard InChI is InChI=1S/C22H28N4O/c27-7-6-26(15-22-11-16-8-17(12-22)10-18(9-16)13-22)21-24-20(14-23-25-21)19-4-2-1-3-5-19/h1-5,14,16-18,27H,6-13,15H2. The van der Waals surface area contributed by atoms with E-state index in [9.17, 15) is 5.11 Å². The van der Waals surface area contributed by atoms with Crippen LogP contribution < -0.4 is 4.90 Å². The number of aliphatic hydroxyl groups is 1. The summed E-state index contributed by atoms with van der Waals surface area (Å²) in [6.07, 6.45) is 10.1. The second kappa shape index (κ2) is 6.86. The summed E-state index contributed by atoms with van der Waals surface area (Å²) < 4.78 is 0. The van der Waals surface area contributed by atoms with Crippen LogP contribution in [0.1, 0.15) is 38.5 Å². The number of aliphatic hydroxyl groups excluding tert-OH is 1. The molecule has 1 aromatic carbocycles. The van der Waals surface area contributed by atoms with Crippen molar-refractivity contribution in [1.82, 2.24) is 15.2 Å². The lowest BCUT2D eigenvalue weighted by Crippen LogP contribution is -2.52. The molecule has 1 aromatic heterocycles. The SMILES string of the molecule is OCCN(CC12CC3CC(CC(C3)C1)C2)c1nncc(-c2ccccc2)n1. The summed E-state index contributed by atoms with van der Waals surface area (Å²) in [7, 11) is 0. The summed E-state index contributed by atoms with van der Waals surface area (Å²) in [6, 6.07) is 10.1. The van der Waals surface area contributed by atoms with Gasteiger partial charge in [-0.3, -0.25) is 0 Å². The summed E-state index contributed by atoms with van der Waals surface area (Å²) in [5, 5.41) is 18.2. The Bertz CT molecular complexity index is 759. The number of benzene rings is 1. The number of aromatic nitrogens is 3. The fourth-order valence-electron chi connectivity index (χ4n) is 6.44. The molecule has 5 heteroatoms. The molecule has 0 spiro atoms. The van der Waals surface area contributed by atoms with Crippen molar-refractivity contribution in [3.8, 4) is 11.3 Å². The second-order valence-electron chi connectivity index (χ2n) is 9.07. The third-order valence-corrected chi connectivity index (χ3v) is 6.96. The molecule has 5 nitrogen and oxygen atoms in total. The van der Waals surface area contributed by atoms with E-state index < -0.39 is 0 Å². The van der Waals surface area contributed by atoms with Gasteiger partial charge in [0.2, 0.25) is 5.95 Å². The average Bonchev–Trinajstić information content (AvgIpc) is 2.67. The highest BCUT2D eigenvalue weighted by atomic mass is 16.3. The molecule has 4 saturated carbocycles. The van der Waals surface area contributed by atoms with E-state index in [1.54, 1.807) is 6.20 Å². The molecule has 0 amide bonds. The number of hydrogen-bond donors (Lipinski definition) is 1. The van der Waals surface area contributed by atoms with Crippen LogP contribution in [-0.2, 0) is 0 Å². The van der Waals surface area contributed by atoms with Crippen LogP contribution in [0.2, 0.25) is 0 Å². The first-order valence-electron chi connectivity index (χ1n) is 10.3. The Hall–Kier alpha value is -2.01. The van der Waals surface area contributed by atoms with Crippen LogP contribution in [0.4, 0.5) is 5.95 Å². The Morgan fingerprint density at radius 1 is 1.00 bits per heavy atom. The van der Waals surface area contributed by atoms with Gasteiger partial charge in [0.05, 0.1) is 18.5 Å². The molecule has 2 aromatic rings. The van der Waals surface area contributed by atoms with Gasteiger partial charge >= 0.3 is 0 Å². The van der Waals surface area contributed by atoms with Gasteiger partial charge in [0.15, 0.2) is 0 Å². The van der Waals surface area contributed by atoms with E-state index in [1.807, 2.05) is 30.3 Å². The predicted molar refractivity (Wildman–Crippen MR) is 105 cm³/mol. The van der Waals surface area contributed by atoms with Crippen LogP contribution in [0.15, 0.2) is 36.5 Å². The molecule has 0 saturated heterocycles. The van der Waals surface area contributed by atoms with Gasteiger partial charge in [-0.25, -0.2) is 4.98 Å². The minimum Gasteiger partial charge on any atom is -0.395 e. The summed E-state index contributed by atoms with van der Waals surface area (Å²) >= 11 is 0. The molecule has 0 atom stereocenters. The molecule has 4 aliphatic rings. The normalized spacial score (nSPS) is 31.2. The monoisotopic (exact) mass is 364 g/mol. The Balaban J connectivity index is 1.41. The lowest BCUT2D eigenvalue weighted by molar-refractivity contribution is -0.0480. The summed E-state index contributed by atoms with van der Waals surface area (Å²) in [6.45, 7) is 1.64. The van der Waals surface area contributed by atoms with E-state index in [0.29, 0.717) is 17.9 Å². The summed E-state index contributed by atoms with van der Waals surface area (Å²) in [5.74, 6) is 3.41. The number of nitrogens with zero attached hydrogens (tertiary/aromatic N) is 4. The largest absolute Gasteiger partial charge is 0.395 e. The first-order chi connectivity index (χ1) is 13.2. The molecule has 4 bridgehead atoms. The average molecular weight is 364 g/mol. The fraction of sp³-hybridized carbons (Fsp3) is 0.591. The molecule has 27 heavy (non-hydrogen) atoms. The molecule has 0 aliphatic heterocycles. The molecule has 4 aliphatic carbocycles. The van der Waals surface area contributed by atoms with Crippen LogP contribution in [0, 0.1) is 23.2 Å². The van der Waals surface area contributed by atoms with Crippen LogP contribution in [0.3, 0.4) is 0 Å². The van der Waals surface area contributed by atoms with Gasteiger partial charge < -0.3 is 10.0 Å². The molecule has 4 fully saturated rings. The lowest BCUT2D eigenvalue weighted by Gasteiger charge is -2.57. The Morgan fingerprint density at radius 2 is 1.67 bits per heavy atom. The highest BCUT2D eigenvalue weighted by Crippen LogP contribution is 2.60. The Morgan fingerprint density at radius 3 is 2.30 bits per heavy atom. The highest BCUT2D eigenvalue weighted by molar-refractivity contribution is 5.58. The minimum absolute atomic E-state index is 0.116. The van der Waals surface area contributed by atoms with E-state index in [-0.39, 0.29) is 6.61 Å². The number of anilines is 1. The van der Waals surface area contributed by atoms with Gasteiger partial charge in [-0.1, -0.05) is 30.3 Å². The van der Waals surface area contributed by atoms with Gasteiger partial charge in [-0.2, -0.15) is 5.10 Å². The van der Waals surface area contributed by atoms with E-state index in [1.165, 1.54) is 38.5 Å². The molecule has 6 rings (SSSR count). The van der Waals surface area contributed by atoms with Crippen molar-refractivity contribution < 1.29 is 5.11 Å². The van der Waals surface area contributed by atoms with E-state index >= 15 is 0 Å². The zero-order chi connectivity index (χ0) is 18.3. The molecular formula is C22H28N4O. The second-order valence-corrected chi connectivity index (χ2v) is 9.07. The third kappa shape index (κ3) is 3.33. The topological polar surface area (TPSA) is 62.1 Å². The van der Waals surface area contributed by atoms with E-state index in [2.05, 4.69) is 15.1 Å². The molecule has 1 N–H and O–H groups in total. The molecule has 0 radical (unpaired) electrons. The van der Waals surface area contributed by atoms with Crippen molar-refractivity contribution in [2.75, 3.05) is 24.6 Å². The van der Waals surface area contributed by atoms with Gasteiger partial charge in [-0.15, -0.1) is 5.10 Å². The van der Waals surface area contributed by atoms with Crippen molar-refractivity contribution in [1.29, 1.82) is 0 Å². The number of hydrogen-bond acceptors (Lipinski definition) is 5. The minimum atomic E-state index is 0.116. The van der Waals surface area contributed by atoms with Crippen LogP contribution in [0.5, 0.6) is 0 Å². The molecule has 0 unspecified atom stereocenters. The van der Waals surface area contributed by atoms with E-state index in [0.717, 1.165) is 35.6 Å². The van der Waals surface area contributed by atoms with Crippen molar-refractivity contribution in [3.05, 3.63) is 36.5 Å². The van der Waals surface area contributed by atoms with Crippen molar-refractivity contribution >= 4 is 5.95 Å². The lowest BCUT2D eigenvalue weighted by atomic mass is 9.49. The Kier molecular flexibility index (Phi) is 4.35. The highest BCUT2D eigenvalue weighted by Gasteiger charge is 2.51. The quantitative estimate of drug-likeness (QED) is 0.849. The zero-order valence-electron chi connectivity index (χ0n) is 15.8. The van der Waals surface area contributed by atoms with E-state index in [4.69, 9.17) is 4.98 Å². The van der Waals surface area contributed by atoms with Crippen LogP contribution in [-0.4, -0.2) is 40.0 Å². The van der Waals surface area contributed by atoms with Crippen molar-refractivity contribution in [2.45, 2.75) is 38.5 Å². The van der Waals surface area contributed by atoms with Crippen molar-refractivity contribution in [2.24, 2.45) is 23.2 Å². The molecule has 142 valence electrons. The molecular weight excluding hydrogens is 336 g/mol. The Labute approximate surface area is 160 Å². The van der Waals surface area contributed by atoms with Gasteiger partial charge in [-0.05, 0) is 61.7 Å². The van der Waals surface area contributed by atoms with Crippen LogP contribution >= 0.6 is 0 Å². The molecule has 1 heterocycles. The first-order valence-corrected chi connectivity index (χ1v) is 10.3. The van der Waals surface area contributed by atoms with Crippen LogP contribution in [0.25, 0.3) is 11.3 Å². The maximum Gasteiger partial charge on any atom is 0.246 e. The van der Waals surface area contributed by atoms with Gasteiger partial charge in [0.25, 0.3) is 0 Å².